The van der Waals surface area contributed by atoms with Crippen LogP contribution >= 0.6 is 0 Å². The lowest BCUT2D eigenvalue weighted by Gasteiger charge is -2.26. The molecule has 1 atom stereocenters. The normalized spacial score (nSPS) is 13.5. The molecule has 0 radical (unpaired) electrons. The molecule has 1 unspecified atom stereocenters. The Morgan fingerprint density at radius 2 is 1.67 bits per heavy atom. The molecule has 0 bridgehead atoms. The van der Waals surface area contributed by atoms with Gasteiger partial charge in [-0.3, -0.25) is 4.79 Å². The van der Waals surface area contributed by atoms with Crippen molar-refractivity contribution in [3.8, 4) is 0 Å². The fraction of sp³-hybridized carbons (Fsp3) is 0.833. The van der Waals surface area contributed by atoms with Gasteiger partial charge in [-0.05, 0) is 19.3 Å². The van der Waals surface area contributed by atoms with E-state index >= 15 is 0 Å². The van der Waals surface area contributed by atoms with Crippen molar-refractivity contribution >= 4 is 29.1 Å². The average Bonchev–Trinajstić information content (AvgIpc) is 2.30. The number of hydrogen-bond acceptors (Lipinski definition) is 4. The van der Waals surface area contributed by atoms with Crippen molar-refractivity contribution in [2.24, 2.45) is 0 Å². The Labute approximate surface area is 119 Å². The van der Waals surface area contributed by atoms with Gasteiger partial charge in [-0.2, -0.15) is 0 Å². The SMILES string of the molecule is CCCOCC(=O)C(CC)(OCCC)C(=O)O.[AlH3]. The fourth-order valence-corrected chi connectivity index (χ4v) is 1.41. The molecule has 0 aliphatic rings. The summed E-state index contributed by atoms with van der Waals surface area (Å²) in [4.78, 5) is 23.1. The Morgan fingerprint density at radius 3 is 2.06 bits per heavy atom. The first kappa shape index (κ1) is 19.9. The van der Waals surface area contributed by atoms with Crippen LogP contribution in [0, 0.1) is 0 Å². The van der Waals surface area contributed by atoms with E-state index in [4.69, 9.17) is 9.47 Å². The molecule has 0 fully saturated rings. The molecule has 0 saturated heterocycles. The van der Waals surface area contributed by atoms with E-state index in [2.05, 4.69) is 0 Å². The van der Waals surface area contributed by atoms with Gasteiger partial charge < -0.3 is 14.6 Å². The highest BCUT2D eigenvalue weighted by atomic mass is 27.0. The summed E-state index contributed by atoms with van der Waals surface area (Å²) in [7, 11) is 0. The second-order valence-corrected chi connectivity index (χ2v) is 3.81. The number of rotatable bonds is 10. The topological polar surface area (TPSA) is 72.8 Å². The van der Waals surface area contributed by atoms with Gasteiger partial charge >= 0.3 is 5.97 Å². The van der Waals surface area contributed by atoms with Gasteiger partial charge in [-0.1, -0.05) is 20.8 Å². The third-order valence-corrected chi connectivity index (χ3v) is 2.43. The number of Topliss-reactive ketones (excluding diaryl/α,β-unsaturated/α-hetero) is 1. The predicted molar refractivity (Wildman–Crippen MR) is 73.0 cm³/mol. The molecule has 0 rings (SSSR count). The van der Waals surface area contributed by atoms with Crippen LogP contribution in [0.5, 0.6) is 0 Å². The average molecular weight is 276 g/mol. The molecular weight excluding hydrogens is 251 g/mol. The van der Waals surface area contributed by atoms with Crippen LogP contribution in [0.1, 0.15) is 40.0 Å². The van der Waals surface area contributed by atoms with Crippen LogP contribution in [0.25, 0.3) is 0 Å². The molecule has 106 valence electrons. The summed E-state index contributed by atoms with van der Waals surface area (Å²) in [5.74, 6) is -1.76. The summed E-state index contributed by atoms with van der Waals surface area (Å²) in [6, 6.07) is 0. The molecule has 18 heavy (non-hydrogen) atoms. The van der Waals surface area contributed by atoms with Crippen molar-refractivity contribution in [3.05, 3.63) is 0 Å². The van der Waals surface area contributed by atoms with E-state index in [1.54, 1.807) is 6.92 Å². The molecule has 0 aromatic heterocycles. The quantitative estimate of drug-likeness (QED) is 0.356. The van der Waals surface area contributed by atoms with Crippen molar-refractivity contribution in [2.45, 2.75) is 45.6 Å². The molecule has 0 heterocycles. The van der Waals surface area contributed by atoms with Crippen molar-refractivity contribution in [2.75, 3.05) is 19.8 Å². The van der Waals surface area contributed by atoms with Gasteiger partial charge in [-0.15, -0.1) is 0 Å². The van der Waals surface area contributed by atoms with E-state index < -0.39 is 17.4 Å². The Balaban J connectivity index is 0. The van der Waals surface area contributed by atoms with E-state index in [0.717, 1.165) is 6.42 Å². The van der Waals surface area contributed by atoms with Crippen LogP contribution < -0.4 is 0 Å². The first-order chi connectivity index (χ1) is 8.05. The number of carboxylic acids is 1. The summed E-state index contributed by atoms with van der Waals surface area (Å²) < 4.78 is 10.3. The standard InChI is InChI=1S/C12H22O5.Al.3H/c1-4-7-16-9-10(13)12(6-3,11(14)15)17-8-5-2;;;;/h4-9H2,1-3H3,(H,14,15);;;;. The van der Waals surface area contributed by atoms with Gasteiger partial charge in [0.1, 0.15) is 6.61 Å². The van der Waals surface area contributed by atoms with Gasteiger partial charge in [0, 0.05) is 13.2 Å². The summed E-state index contributed by atoms with van der Waals surface area (Å²) in [6.45, 7) is 5.89. The van der Waals surface area contributed by atoms with Crippen LogP contribution in [-0.4, -0.2) is 59.6 Å². The number of carboxylic acid groups (broad SMARTS) is 1. The van der Waals surface area contributed by atoms with E-state index in [1.165, 1.54) is 0 Å². The Morgan fingerprint density at radius 1 is 1.11 bits per heavy atom. The molecule has 0 aliphatic carbocycles. The minimum absolute atomic E-state index is 0. The molecule has 0 spiro atoms. The molecular formula is C12H25AlO5. The lowest BCUT2D eigenvalue weighted by molar-refractivity contribution is -0.175. The number of carbonyl (C=O) groups is 2. The van der Waals surface area contributed by atoms with Crippen molar-refractivity contribution in [1.29, 1.82) is 0 Å². The third kappa shape index (κ3) is 5.49. The van der Waals surface area contributed by atoms with E-state index in [9.17, 15) is 14.7 Å². The molecule has 0 aliphatic heterocycles. The van der Waals surface area contributed by atoms with Gasteiger partial charge in [0.2, 0.25) is 11.4 Å². The second kappa shape index (κ2) is 10.5. The lowest BCUT2D eigenvalue weighted by atomic mass is 9.95. The third-order valence-electron chi connectivity index (χ3n) is 2.43. The molecule has 5 nitrogen and oxygen atoms in total. The smallest absolute Gasteiger partial charge is 0.343 e. The van der Waals surface area contributed by atoms with Crippen LogP contribution in [0.15, 0.2) is 0 Å². The van der Waals surface area contributed by atoms with Gasteiger partial charge in [0.15, 0.2) is 17.4 Å². The maximum absolute atomic E-state index is 11.9. The van der Waals surface area contributed by atoms with E-state index in [0.29, 0.717) is 13.0 Å². The minimum Gasteiger partial charge on any atom is -0.479 e. The van der Waals surface area contributed by atoms with Crippen LogP contribution in [-0.2, 0) is 19.1 Å². The minimum atomic E-state index is -1.75. The number of hydrogen-bond donors (Lipinski definition) is 1. The number of carbonyl (C=O) groups excluding carboxylic acids is 1. The van der Waals surface area contributed by atoms with Crippen LogP contribution in [0.2, 0.25) is 0 Å². The zero-order chi connectivity index (χ0) is 13.3. The molecule has 0 aromatic carbocycles. The highest BCUT2D eigenvalue weighted by molar-refractivity contribution is 6.07. The maximum atomic E-state index is 11.9. The zero-order valence-corrected chi connectivity index (χ0v) is 10.8. The first-order valence-corrected chi connectivity index (χ1v) is 6.03. The largest absolute Gasteiger partial charge is 0.479 e. The van der Waals surface area contributed by atoms with Gasteiger partial charge in [0.25, 0.3) is 0 Å². The Hall–Kier alpha value is -0.408. The van der Waals surface area contributed by atoms with Crippen LogP contribution in [0.3, 0.4) is 0 Å². The number of ether oxygens (including phenoxy) is 2. The fourth-order valence-electron chi connectivity index (χ4n) is 1.41. The Bertz CT molecular complexity index is 257. The van der Waals surface area contributed by atoms with Gasteiger partial charge in [0.05, 0.1) is 0 Å². The summed E-state index contributed by atoms with van der Waals surface area (Å²) in [5, 5.41) is 9.18. The maximum Gasteiger partial charge on any atom is 0.343 e. The second-order valence-electron chi connectivity index (χ2n) is 3.81. The summed E-state index contributed by atoms with van der Waals surface area (Å²) in [6.07, 6.45) is 1.56. The number of ketones is 1. The number of aliphatic carboxylic acids is 1. The zero-order valence-electron chi connectivity index (χ0n) is 10.8. The van der Waals surface area contributed by atoms with E-state index in [-0.39, 0.29) is 37.0 Å². The van der Waals surface area contributed by atoms with Crippen molar-refractivity contribution in [1.82, 2.24) is 0 Å². The van der Waals surface area contributed by atoms with Crippen LogP contribution in [0.4, 0.5) is 0 Å². The predicted octanol–water partition coefficient (Wildman–Crippen LogP) is 0.458. The Kier molecular flexibility index (Phi) is 11.6. The summed E-state index contributed by atoms with van der Waals surface area (Å²) in [5.41, 5.74) is -1.75. The lowest BCUT2D eigenvalue weighted by Crippen LogP contribution is -2.50. The molecule has 1 N–H and O–H groups in total. The molecule has 6 heteroatoms. The highest BCUT2D eigenvalue weighted by Gasteiger charge is 2.45. The molecule has 0 saturated carbocycles. The summed E-state index contributed by atoms with van der Waals surface area (Å²) >= 11 is 0. The highest BCUT2D eigenvalue weighted by Crippen LogP contribution is 2.19. The van der Waals surface area contributed by atoms with Crippen molar-refractivity contribution in [3.63, 3.8) is 0 Å². The monoisotopic (exact) mass is 276 g/mol. The first-order valence-electron chi connectivity index (χ1n) is 6.03. The van der Waals surface area contributed by atoms with Gasteiger partial charge in [-0.25, -0.2) is 4.79 Å². The van der Waals surface area contributed by atoms with E-state index in [1.807, 2.05) is 13.8 Å². The van der Waals surface area contributed by atoms with Crippen molar-refractivity contribution < 1.29 is 24.2 Å². The molecule has 0 amide bonds. The molecule has 0 aromatic rings.